The van der Waals surface area contributed by atoms with Crippen molar-refractivity contribution in [1.29, 1.82) is 0 Å². The van der Waals surface area contributed by atoms with E-state index in [1.807, 2.05) is 18.2 Å². The third-order valence-electron chi connectivity index (χ3n) is 6.02. The predicted octanol–water partition coefficient (Wildman–Crippen LogP) is 1.56. The summed E-state index contributed by atoms with van der Waals surface area (Å²) in [6, 6.07) is 10.4. The maximum absolute atomic E-state index is 12.3. The molecule has 12 heteroatoms. The molecule has 2 aromatic rings. The number of rotatable bonds is 5. The molecule has 180 valence electrons. The van der Waals surface area contributed by atoms with Crippen molar-refractivity contribution < 1.29 is 24.0 Å². The van der Waals surface area contributed by atoms with Gasteiger partial charge in [-0.25, -0.2) is 0 Å². The first-order valence-corrected chi connectivity index (χ1v) is 11.3. The van der Waals surface area contributed by atoms with E-state index < -0.39 is 16.7 Å². The Morgan fingerprint density at radius 2 is 1.71 bits per heavy atom. The zero-order valence-corrected chi connectivity index (χ0v) is 19.3. The highest BCUT2D eigenvalue weighted by Gasteiger charge is 2.27. The van der Waals surface area contributed by atoms with Gasteiger partial charge in [-0.05, 0) is 42.1 Å². The van der Waals surface area contributed by atoms with Gasteiger partial charge in [0, 0.05) is 56.1 Å². The van der Waals surface area contributed by atoms with Crippen LogP contribution in [0.3, 0.4) is 0 Å². The van der Waals surface area contributed by atoms with Crippen molar-refractivity contribution >= 4 is 46.6 Å². The van der Waals surface area contributed by atoms with Crippen molar-refractivity contribution in [3.63, 3.8) is 0 Å². The average molecular weight is 496 g/mol. The summed E-state index contributed by atoms with van der Waals surface area (Å²) in [5.41, 5.74) is 1.95. The molecule has 5 rings (SSSR count). The summed E-state index contributed by atoms with van der Waals surface area (Å²) in [7, 11) is 0. The van der Waals surface area contributed by atoms with E-state index in [9.17, 15) is 19.7 Å². The van der Waals surface area contributed by atoms with Crippen LogP contribution in [0.2, 0.25) is 0 Å². The molecule has 3 aliphatic rings. The molecule has 0 saturated carbocycles. The lowest BCUT2D eigenvalue weighted by Gasteiger charge is -2.37. The van der Waals surface area contributed by atoms with Crippen molar-refractivity contribution in [2.24, 2.45) is 0 Å². The van der Waals surface area contributed by atoms with Gasteiger partial charge in [-0.1, -0.05) is 6.07 Å². The predicted molar refractivity (Wildman–Crippen MR) is 130 cm³/mol. The molecule has 3 aliphatic heterocycles. The fraction of sp³-hybridized carbons (Fsp3) is 0.261. The molecule has 2 amide bonds. The number of nitro groups is 1. The topological polar surface area (TPSA) is 126 Å². The zero-order valence-electron chi connectivity index (χ0n) is 18.5. The number of ether oxygens (including phenoxy) is 2. The van der Waals surface area contributed by atoms with Crippen LogP contribution in [-0.2, 0) is 16.1 Å². The highest BCUT2D eigenvalue weighted by molar-refractivity contribution is 7.80. The molecular formula is C23H21N5O6S. The van der Waals surface area contributed by atoms with E-state index in [0.29, 0.717) is 24.3 Å². The third-order valence-corrected chi connectivity index (χ3v) is 6.23. The number of hydrogen-bond acceptors (Lipinski definition) is 9. The second-order valence-corrected chi connectivity index (χ2v) is 8.65. The number of thiocarbonyl (C=S) groups is 1. The number of carbonyl (C=O) groups is 2. The minimum Gasteiger partial charge on any atom is -0.454 e. The maximum Gasteiger partial charge on any atom is 0.270 e. The van der Waals surface area contributed by atoms with Crippen LogP contribution < -0.4 is 25.0 Å². The number of nitro benzene ring substituents is 1. The van der Waals surface area contributed by atoms with Crippen LogP contribution in [0.25, 0.3) is 6.08 Å². The lowest BCUT2D eigenvalue weighted by Crippen LogP contribution is -2.51. The first-order chi connectivity index (χ1) is 16.9. The normalized spacial score (nSPS) is 17.8. The Labute approximate surface area is 205 Å². The zero-order chi connectivity index (χ0) is 24.5. The number of fused-ring (bicyclic) bond motifs is 1. The lowest BCUT2D eigenvalue weighted by atomic mass is 10.0. The van der Waals surface area contributed by atoms with Crippen LogP contribution in [0.1, 0.15) is 11.1 Å². The lowest BCUT2D eigenvalue weighted by molar-refractivity contribution is -0.384. The molecule has 2 saturated heterocycles. The van der Waals surface area contributed by atoms with Crippen molar-refractivity contribution in [3.8, 4) is 11.5 Å². The van der Waals surface area contributed by atoms with E-state index >= 15 is 0 Å². The van der Waals surface area contributed by atoms with Gasteiger partial charge in [0.15, 0.2) is 16.6 Å². The smallest absolute Gasteiger partial charge is 0.270 e. The Hall–Kier alpha value is -4.03. The van der Waals surface area contributed by atoms with Crippen LogP contribution in [-0.4, -0.2) is 59.7 Å². The largest absolute Gasteiger partial charge is 0.454 e. The average Bonchev–Trinajstić information content (AvgIpc) is 3.30. The second kappa shape index (κ2) is 9.31. The van der Waals surface area contributed by atoms with E-state index in [1.165, 1.54) is 18.2 Å². The van der Waals surface area contributed by atoms with Crippen molar-refractivity contribution in [3.05, 3.63) is 63.2 Å². The summed E-state index contributed by atoms with van der Waals surface area (Å²) in [6.45, 7) is 3.85. The van der Waals surface area contributed by atoms with Gasteiger partial charge in [0.25, 0.3) is 17.5 Å². The number of nitrogens with one attached hydrogen (secondary N) is 2. The molecule has 0 aromatic heterocycles. The molecule has 0 radical (unpaired) electrons. The van der Waals surface area contributed by atoms with Crippen molar-refractivity contribution in [2.75, 3.05) is 37.9 Å². The number of carbonyl (C=O) groups excluding carboxylic acids is 2. The van der Waals surface area contributed by atoms with Gasteiger partial charge in [-0.15, -0.1) is 0 Å². The van der Waals surface area contributed by atoms with Gasteiger partial charge in [-0.3, -0.25) is 35.2 Å². The molecule has 0 aliphatic carbocycles. The Kier molecular flexibility index (Phi) is 6.05. The summed E-state index contributed by atoms with van der Waals surface area (Å²) in [6.07, 6.45) is 1.37. The van der Waals surface area contributed by atoms with Gasteiger partial charge in [-0.2, -0.15) is 0 Å². The molecule has 0 atom stereocenters. The first kappa shape index (κ1) is 22.7. The molecular weight excluding hydrogens is 474 g/mol. The molecule has 3 heterocycles. The minimum absolute atomic E-state index is 0.0741. The standard InChI is InChI=1S/C23H21N5O6S/c29-21-17(22(30)25-23(35)24-21)11-15-10-16(28(31)32)2-3-18(15)27-7-5-26(6-8-27)12-14-1-4-19-20(9-14)34-13-33-19/h1-4,9-11H,5-8,12-13H2,(H2,24,25,29,30,35). The van der Waals surface area contributed by atoms with Crippen molar-refractivity contribution in [2.45, 2.75) is 6.54 Å². The quantitative estimate of drug-likeness (QED) is 0.209. The Balaban J connectivity index is 1.34. The van der Waals surface area contributed by atoms with E-state index in [0.717, 1.165) is 36.7 Å². The number of anilines is 1. The van der Waals surface area contributed by atoms with Crippen LogP contribution in [0.4, 0.5) is 11.4 Å². The number of benzene rings is 2. The molecule has 0 bridgehead atoms. The van der Waals surface area contributed by atoms with E-state index in [1.54, 1.807) is 6.07 Å². The highest BCUT2D eigenvalue weighted by Crippen LogP contribution is 2.33. The van der Waals surface area contributed by atoms with Crippen LogP contribution in [0.15, 0.2) is 42.0 Å². The second-order valence-electron chi connectivity index (χ2n) is 8.25. The van der Waals surface area contributed by atoms with E-state index in [-0.39, 0.29) is 23.2 Å². The summed E-state index contributed by atoms with van der Waals surface area (Å²) < 4.78 is 10.8. The number of hydrogen-bond donors (Lipinski definition) is 2. The summed E-state index contributed by atoms with van der Waals surface area (Å²) in [4.78, 5) is 39.9. The van der Waals surface area contributed by atoms with E-state index in [4.69, 9.17) is 21.7 Å². The minimum atomic E-state index is -0.648. The molecule has 11 nitrogen and oxygen atoms in total. The number of nitrogens with zero attached hydrogens (tertiary/aromatic N) is 3. The van der Waals surface area contributed by atoms with Crippen molar-refractivity contribution in [1.82, 2.24) is 15.5 Å². The van der Waals surface area contributed by atoms with Gasteiger partial charge in [0.05, 0.1) is 4.92 Å². The SMILES string of the molecule is O=C1NC(=S)NC(=O)C1=Cc1cc([N+](=O)[O-])ccc1N1CCN(Cc2ccc3c(c2)OCO3)CC1. The molecule has 2 N–H and O–H groups in total. The highest BCUT2D eigenvalue weighted by atomic mass is 32.1. The Morgan fingerprint density at radius 1 is 1.00 bits per heavy atom. The molecule has 2 aromatic carbocycles. The van der Waals surface area contributed by atoms with Gasteiger partial charge in [0.1, 0.15) is 5.57 Å². The van der Waals surface area contributed by atoms with Gasteiger partial charge in [0.2, 0.25) is 6.79 Å². The van der Waals surface area contributed by atoms with Crippen LogP contribution in [0, 0.1) is 10.1 Å². The molecule has 35 heavy (non-hydrogen) atoms. The molecule has 0 spiro atoms. The van der Waals surface area contributed by atoms with E-state index in [2.05, 4.69) is 20.4 Å². The van der Waals surface area contributed by atoms with Gasteiger partial charge >= 0.3 is 0 Å². The third kappa shape index (κ3) is 4.79. The van der Waals surface area contributed by atoms with Gasteiger partial charge < -0.3 is 14.4 Å². The summed E-state index contributed by atoms with van der Waals surface area (Å²) >= 11 is 4.84. The summed E-state index contributed by atoms with van der Waals surface area (Å²) in [5.74, 6) is 0.205. The monoisotopic (exact) mass is 495 g/mol. The fourth-order valence-corrected chi connectivity index (χ4v) is 4.45. The maximum atomic E-state index is 12.3. The first-order valence-electron chi connectivity index (χ1n) is 10.9. The molecule has 0 unspecified atom stereocenters. The Bertz CT molecular complexity index is 1250. The number of amides is 2. The summed E-state index contributed by atoms with van der Waals surface area (Å²) in [5, 5.41) is 16.1. The Morgan fingerprint density at radius 3 is 2.43 bits per heavy atom. The molecule has 2 fully saturated rings. The van der Waals surface area contributed by atoms with Crippen LogP contribution >= 0.6 is 12.2 Å². The van der Waals surface area contributed by atoms with Crippen LogP contribution in [0.5, 0.6) is 11.5 Å². The number of piperazine rings is 1. The fourth-order valence-electron chi connectivity index (χ4n) is 4.27. The number of non-ortho nitro benzene ring substituents is 1.